The van der Waals surface area contributed by atoms with Gasteiger partial charge in [0, 0.05) is 59.4 Å². The Kier molecular flexibility index (Phi) is 6.02. The van der Waals surface area contributed by atoms with Crippen molar-refractivity contribution < 1.29 is 18.7 Å². The lowest BCUT2D eigenvalue weighted by molar-refractivity contribution is 0.135. The molecular formula is C23H18ClF2N5O3S. The monoisotopic (exact) mass is 517 g/mol. The first-order valence-electron chi connectivity index (χ1n) is 10.8. The summed E-state index contributed by atoms with van der Waals surface area (Å²) >= 11 is 8.10. The van der Waals surface area contributed by atoms with Gasteiger partial charge in [-0.15, -0.1) is 11.8 Å². The average molecular weight is 518 g/mol. The molecule has 3 aromatic rings. The van der Waals surface area contributed by atoms with Crippen LogP contribution >= 0.6 is 23.4 Å². The number of aromatic nitrogens is 2. The van der Waals surface area contributed by atoms with E-state index in [1.54, 1.807) is 11.0 Å². The zero-order valence-corrected chi connectivity index (χ0v) is 19.7. The van der Waals surface area contributed by atoms with Crippen LogP contribution in [0.4, 0.5) is 19.4 Å². The first-order chi connectivity index (χ1) is 16.8. The predicted octanol–water partition coefficient (Wildman–Crippen LogP) is 4.18. The van der Waals surface area contributed by atoms with Crippen molar-refractivity contribution in [1.29, 1.82) is 5.26 Å². The number of thioether (sulfide) groups is 1. The van der Waals surface area contributed by atoms with Crippen molar-refractivity contribution in [2.75, 3.05) is 30.3 Å². The van der Waals surface area contributed by atoms with Crippen molar-refractivity contribution in [2.24, 2.45) is 0 Å². The minimum atomic E-state index is -1.08. The highest BCUT2D eigenvalue weighted by Gasteiger charge is 2.33. The number of anilines is 1. The molecule has 2 aliphatic rings. The maximum absolute atomic E-state index is 14.8. The van der Waals surface area contributed by atoms with Crippen molar-refractivity contribution in [3.63, 3.8) is 0 Å². The van der Waals surface area contributed by atoms with Crippen LogP contribution in [0.1, 0.15) is 6.42 Å². The van der Waals surface area contributed by atoms with Crippen LogP contribution in [-0.4, -0.2) is 57.1 Å². The molecule has 180 valence electrons. The van der Waals surface area contributed by atoms with Crippen molar-refractivity contribution in [2.45, 2.75) is 23.9 Å². The van der Waals surface area contributed by atoms with Gasteiger partial charge in [-0.05, 0) is 18.2 Å². The lowest BCUT2D eigenvalue weighted by atomic mass is 10.0. The molecule has 0 unspecified atom stereocenters. The third-order valence-electron chi connectivity index (χ3n) is 6.26. The molecule has 1 amide bonds. The van der Waals surface area contributed by atoms with Crippen LogP contribution in [0.25, 0.3) is 22.0 Å². The average Bonchev–Trinajstić information content (AvgIpc) is 2.82. The van der Waals surface area contributed by atoms with Gasteiger partial charge in [0.1, 0.15) is 17.5 Å². The maximum Gasteiger partial charge on any atom is 0.407 e. The van der Waals surface area contributed by atoms with E-state index in [9.17, 15) is 28.7 Å². The van der Waals surface area contributed by atoms with Crippen molar-refractivity contribution in [3.05, 3.63) is 51.4 Å². The Morgan fingerprint density at radius 2 is 2.09 bits per heavy atom. The molecular weight excluding hydrogens is 500 g/mol. The molecule has 0 spiro atoms. The third kappa shape index (κ3) is 3.96. The van der Waals surface area contributed by atoms with Crippen LogP contribution in [0.5, 0.6) is 0 Å². The van der Waals surface area contributed by atoms with E-state index in [2.05, 4.69) is 11.1 Å². The fourth-order valence-corrected chi connectivity index (χ4v) is 6.26. The Morgan fingerprint density at radius 1 is 1.29 bits per heavy atom. The van der Waals surface area contributed by atoms with E-state index in [-0.39, 0.29) is 36.6 Å². The van der Waals surface area contributed by atoms with Gasteiger partial charge in [0.05, 0.1) is 29.1 Å². The molecule has 1 aromatic heterocycles. The van der Waals surface area contributed by atoms with Gasteiger partial charge in [-0.2, -0.15) is 10.2 Å². The molecule has 0 bridgehead atoms. The third-order valence-corrected chi connectivity index (χ3v) is 7.64. The Balaban J connectivity index is 1.75. The number of aryl methyl sites for hydroxylation is 1. The summed E-state index contributed by atoms with van der Waals surface area (Å²) < 4.78 is 29.8. The van der Waals surface area contributed by atoms with Gasteiger partial charge in [-0.1, -0.05) is 11.6 Å². The lowest BCUT2D eigenvalue weighted by Crippen LogP contribution is -2.55. The van der Waals surface area contributed by atoms with E-state index < -0.39 is 29.5 Å². The van der Waals surface area contributed by atoms with Crippen molar-refractivity contribution in [1.82, 2.24) is 14.5 Å². The second-order valence-electron chi connectivity index (χ2n) is 8.24. The summed E-state index contributed by atoms with van der Waals surface area (Å²) in [5.41, 5.74) is 0.530. The number of carbonyl (C=O) groups is 1. The molecule has 0 radical (unpaired) electrons. The summed E-state index contributed by atoms with van der Waals surface area (Å²) in [5, 5.41) is 19.5. The first kappa shape index (κ1) is 23.4. The minimum Gasteiger partial charge on any atom is -0.465 e. The van der Waals surface area contributed by atoms with Crippen LogP contribution in [0.3, 0.4) is 0 Å². The maximum atomic E-state index is 14.8. The number of benzene rings is 2. The Hall–Kier alpha value is -3.36. The van der Waals surface area contributed by atoms with Crippen molar-refractivity contribution in [3.8, 4) is 17.2 Å². The number of piperazine rings is 1. The zero-order chi connectivity index (χ0) is 24.9. The van der Waals surface area contributed by atoms with E-state index >= 15 is 0 Å². The summed E-state index contributed by atoms with van der Waals surface area (Å²) in [6.07, 6.45) is -1.05. The molecule has 0 aliphatic carbocycles. The van der Waals surface area contributed by atoms with Gasteiger partial charge in [0.2, 0.25) is 0 Å². The molecule has 0 saturated carbocycles. The number of amides is 1. The van der Waals surface area contributed by atoms with Gasteiger partial charge in [-0.25, -0.2) is 18.4 Å². The predicted molar refractivity (Wildman–Crippen MR) is 128 cm³/mol. The number of nitriles is 1. The van der Waals surface area contributed by atoms with Gasteiger partial charge >= 0.3 is 11.8 Å². The van der Waals surface area contributed by atoms with Crippen LogP contribution in [-0.2, 0) is 6.54 Å². The van der Waals surface area contributed by atoms with E-state index in [0.29, 0.717) is 39.5 Å². The molecule has 5 rings (SSSR count). The van der Waals surface area contributed by atoms with Gasteiger partial charge < -0.3 is 14.9 Å². The molecule has 12 heteroatoms. The summed E-state index contributed by atoms with van der Waals surface area (Å²) in [6.45, 7) is 0.890. The molecule has 2 aliphatic heterocycles. The highest BCUT2D eigenvalue weighted by atomic mass is 35.5. The first-order valence-corrected chi connectivity index (χ1v) is 12.1. The van der Waals surface area contributed by atoms with Gasteiger partial charge in [0.15, 0.2) is 0 Å². The largest absolute Gasteiger partial charge is 0.465 e. The summed E-state index contributed by atoms with van der Waals surface area (Å²) in [5.74, 6) is -0.635. The number of hydrogen-bond acceptors (Lipinski definition) is 6. The topological polar surface area (TPSA) is 102 Å². The van der Waals surface area contributed by atoms with E-state index in [1.165, 1.54) is 27.3 Å². The fraction of sp³-hybridized carbons (Fsp3) is 0.304. The molecule has 3 heterocycles. The second kappa shape index (κ2) is 9.02. The smallest absolute Gasteiger partial charge is 0.407 e. The Labute approximate surface area is 207 Å². The summed E-state index contributed by atoms with van der Waals surface area (Å²) in [6, 6.07) is 6.44. The van der Waals surface area contributed by atoms with Crippen molar-refractivity contribution >= 4 is 46.2 Å². The highest BCUT2D eigenvalue weighted by molar-refractivity contribution is 7.99. The van der Waals surface area contributed by atoms with Crippen LogP contribution < -0.4 is 10.6 Å². The molecule has 1 N–H and O–H groups in total. The van der Waals surface area contributed by atoms with E-state index in [4.69, 9.17) is 11.6 Å². The molecule has 2 aromatic carbocycles. The summed E-state index contributed by atoms with van der Waals surface area (Å²) in [7, 11) is 0. The zero-order valence-electron chi connectivity index (χ0n) is 18.2. The number of rotatable bonds is 3. The molecule has 35 heavy (non-hydrogen) atoms. The minimum absolute atomic E-state index is 0.0320. The highest BCUT2D eigenvalue weighted by Crippen LogP contribution is 2.46. The number of carboxylic acid groups (broad SMARTS) is 1. The van der Waals surface area contributed by atoms with Crippen LogP contribution in [0.15, 0.2) is 34.0 Å². The van der Waals surface area contributed by atoms with Crippen LogP contribution in [0.2, 0.25) is 5.02 Å². The number of nitrogens with zero attached hydrogens (tertiary/aromatic N) is 5. The van der Waals surface area contributed by atoms with E-state index in [1.807, 2.05) is 0 Å². The summed E-state index contributed by atoms with van der Waals surface area (Å²) in [4.78, 5) is 32.5. The number of hydrogen-bond donors (Lipinski definition) is 1. The lowest BCUT2D eigenvalue weighted by Gasteiger charge is -2.40. The Morgan fingerprint density at radius 3 is 2.80 bits per heavy atom. The second-order valence-corrected chi connectivity index (χ2v) is 9.75. The normalized spacial score (nSPS) is 17.5. The molecule has 8 nitrogen and oxygen atoms in total. The Bertz CT molecular complexity index is 1470. The molecule has 1 fully saturated rings. The molecule has 1 saturated heterocycles. The van der Waals surface area contributed by atoms with Gasteiger partial charge in [0.25, 0.3) is 0 Å². The van der Waals surface area contributed by atoms with E-state index in [0.717, 1.165) is 12.1 Å². The SMILES string of the molecule is N#CC[C@H]1CN(C(=O)O)CCN1c1nc(=O)n2c3c(c(-c4ccc(F)cc4F)c(Cl)cc13)SCC2. The fourth-order valence-electron chi connectivity index (χ4n) is 4.70. The number of halogens is 3. The van der Waals surface area contributed by atoms with Crippen LogP contribution in [0, 0.1) is 23.0 Å². The standard InChI is InChI=1S/C23H18ClF2N5O3S/c24-16-10-15-19-20(18(16)14-2-1-12(25)9-17(14)26)35-8-7-31(19)22(32)28-21(15)30-6-5-29(23(33)34)11-13(30)3-4-27/h1-2,9-10,13H,3,5-8,11H2,(H,33,34)/t13-/m0/s1. The van der Waals surface area contributed by atoms with Gasteiger partial charge in [-0.3, -0.25) is 4.57 Å². The quantitative estimate of drug-likeness (QED) is 0.556. The molecule has 1 atom stereocenters.